The summed E-state index contributed by atoms with van der Waals surface area (Å²) < 4.78 is 15.6. The number of rotatable bonds is 5. The predicted octanol–water partition coefficient (Wildman–Crippen LogP) is -1.43. The van der Waals surface area contributed by atoms with Crippen LogP contribution in [-0.4, -0.2) is 75.9 Å². The summed E-state index contributed by atoms with van der Waals surface area (Å²) >= 11 is 0. The van der Waals surface area contributed by atoms with Crippen molar-refractivity contribution in [3.8, 4) is 11.5 Å². The number of aromatic carboxylic acids is 1. The van der Waals surface area contributed by atoms with Crippen LogP contribution in [0.5, 0.6) is 11.5 Å². The zero-order chi connectivity index (χ0) is 17.1. The minimum Gasteiger partial charge on any atom is -0.493 e. The summed E-state index contributed by atoms with van der Waals surface area (Å²) in [7, 11) is 1.31. The van der Waals surface area contributed by atoms with Crippen molar-refractivity contribution in [3.05, 3.63) is 23.8 Å². The van der Waals surface area contributed by atoms with Crippen LogP contribution < -0.4 is 9.47 Å². The molecule has 0 radical (unpaired) electrons. The smallest absolute Gasteiger partial charge is 0.335 e. The summed E-state index contributed by atoms with van der Waals surface area (Å²) in [5.41, 5.74) is -0.0250. The van der Waals surface area contributed by atoms with Crippen LogP contribution in [-0.2, 0) is 4.74 Å². The topological polar surface area (TPSA) is 146 Å². The Morgan fingerprint density at radius 3 is 2.43 bits per heavy atom. The standard InChI is InChI=1S/C14H18O9/c1-21-8-4-6(13(19)20)2-3-7(8)22-14-12(18)11(17)10(16)9(5-15)23-14/h2-4,9-12,14-18H,5H2,1H3,(H,19,20)/t9-,10+,11+,12+,14+/m0/s1. The Balaban J connectivity index is 2.22. The van der Waals surface area contributed by atoms with Crippen molar-refractivity contribution in [2.75, 3.05) is 13.7 Å². The molecule has 0 spiro atoms. The van der Waals surface area contributed by atoms with E-state index in [2.05, 4.69) is 0 Å². The van der Waals surface area contributed by atoms with E-state index in [9.17, 15) is 20.1 Å². The SMILES string of the molecule is COc1cc(C(=O)O)ccc1O[C@@H]1O[C@@H](CO)[C@@H](O)[C@@H](O)[C@H]1O. The molecule has 0 saturated carbocycles. The average molecular weight is 330 g/mol. The molecular weight excluding hydrogens is 312 g/mol. The van der Waals surface area contributed by atoms with Gasteiger partial charge in [0, 0.05) is 0 Å². The number of aliphatic hydroxyl groups excluding tert-OH is 4. The molecular formula is C14H18O9. The van der Waals surface area contributed by atoms with Crippen LogP contribution in [0.1, 0.15) is 10.4 Å². The summed E-state index contributed by atoms with van der Waals surface area (Å²) in [6.07, 6.45) is -7.13. The fourth-order valence-corrected chi connectivity index (χ4v) is 2.19. The summed E-state index contributed by atoms with van der Waals surface area (Å²) in [4.78, 5) is 10.9. The van der Waals surface area contributed by atoms with Gasteiger partial charge in [0.15, 0.2) is 11.5 Å². The molecule has 23 heavy (non-hydrogen) atoms. The molecule has 0 aromatic heterocycles. The van der Waals surface area contributed by atoms with Crippen molar-refractivity contribution < 1.29 is 44.5 Å². The van der Waals surface area contributed by atoms with E-state index in [1.807, 2.05) is 0 Å². The van der Waals surface area contributed by atoms with Crippen molar-refractivity contribution in [2.45, 2.75) is 30.7 Å². The van der Waals surface area contributed by atoms with Crippen LogP contribution in [0, 0.1) is 0 Å². The van der Waals surface area contributed by atoms with Gasteiger partial charge in [0.1, 0.15) is 24.4 Å². The maximum Gasteiger partial charge on any atom is 0.335 e. The van der Waals surface area contributed by atoms with E-state index in [0.29, 0.717) is 0 Å². The van der Waals surface area contributed by atoms with Crippen molar-refractivity contribution in [1.29, 1.82) is 0 Å². The van der Waals surface area contributed by atoms with Gasteiger partial charge >= 0.3 is 5.97 Å². The molecule has 5 atom stereocenters. The number of aliphatic hydroxyl groups is 4. The van der Waals surface area contributed by atoms with Gasteiger partial charge in [0.2, 0.25) is 6.29 Å². The van der Waals surface area contributed by atoms with Crippen LogP contribution in [0.25, 0.3) is 0 Å². The first-order chi connectivity index (χ1) is 10.9. The van der Waals surface area contributed by atoms with Gasteiger partial charge in [-0.1, -0.05) is 0 Å². The van der Waals surface area contributed by atoms with Gasteiger partial charge in [-0.25, -0.2) is 4.79 Å². The quantitative estimate of drug-likeness (QED) is 0.438. The average Bonchev–Trinajstić information content (AvgIpc) is 2.55. The molecule has 1 aliphatic heterocycles. The van der Waals surface area contributed by atoms with Gasteiger partial charge in [0.05, 0.1) is 19.3 Å². The molecule has 1 heterocycles. The number of methoxy groups -OCH3 is 1. The molecule has 9 nitrogen and oxygen atoms in total. The van der Waals surface area contributed by atoms with Gasteiger partial charge in [-0.15, -0.1) is 0 Å². The Kier molecular flexibility index (Phi) is 5.39. The van der Waals surface area contributed by atoms with Crippen molar-refractivity contribution in [1.82, 2.24) is 0 Å². The Morgan fingerprint density at radius 2 is 1.87 bits per heavy atom. The Morgan fingerprint density at radius 1 is 1.17 bits per heavy atom. The molecule has 5 N–H and O–H groups in total. The normalized spacial score (nSPS) is 30.7. The second-order valence-corrected chi connectivity index (χ2v) is 4.99. The third-order valence-corrected chi connectivity index (χ3v) is 3.50. The van der Waals surface area contributed by atoms with E-state index in [1.165, 1.54) is 25.3 Å². The summed E-state index contributed by atoms with van der Waals surface area (Å²) in [6, 6.07) is 3.80. The van der Waals surface area contributed by atoms with Crippen molar-refractivity contribution in [2.24, 2.45) is 0 Å². The van der Waals surface area contributed by atoms with E-state index >= 15 is 0 Å². The Hall–Kier alpha value is -1.91. The first kappa shape index (κ1) is 17.4. The molecule has 1 aliphatic rings. The molecule has 0 aliphatic carbocycles. The fourth-order valence-electron chi connectivity index (χ4n) is 2.19. The maximum atomic E-state index is 10.9. The number of carboxylic acid groups (broad SMARTS) is 1. The zero-order valence-corrected chi connectivity index (χ0v) is 12.2. The first-order valence-electron chi connectivity index (χ1n) is 6.77. The number of carboxylic acids is 1. The third kappa shape index (κ3) is 3.54. The monoisotopic (exact) mass is 330 g/mol. The van der Waals surface area contributed by atoms with Crippen LogP contribution >= 0.6 is 0 Å². The van der Waals surface area contributed by atoms with Crippen molar-refractivity contribution in [3.63, 3.8) is 0 Å². The largest absolute Gasteiger partial charge is 0.493 e. The van der Waals surface area contributed by atoms with Crippen molar-refractivity contribution >= 4 is 5.97 Å². The number of carbonyl (C=O) groups is 1. The number of ether oxygens (including phenoxy) is 3. The number of benzene rings is 1. The predicted molar refractivity (Wildman–Crippen MR) is 74.3 cm³/mol. The lowest BCUT2D eigenvalue weighted by Crippen LogP contribution is -2.60. The summed E-state index contributed by atoms with van der Waals surface area (Å²) in [5, 5.41) is 47.4. The third-order valence-electron chi connectivity index (χ3n) is 3.50. The Bertz CT molecular complexity index is 559. The zero-order valence-electron chi connectivity index (χ0n) is 12.2. The highest BCUT2D eigenvalue weighted by Crippen LogP contribution is 2.31. The molecule has 1 fully saturated rings. The Labute approximate surface area is 131 Å². The van der Waals surface area contributed by atoms with Gasteiger partial charge in [-0.05, 0) is 18.2 Å². The minimum absolute atomic E-state index is 0.0250. The lowest BCUT2D eigenvalue weighted by Gasteiger charge is -2.39. The molecule has 1 aromatic carbocycles. The fraction of sp³-hybridized carbons (Fsp3) is 0.500. The van der Waals surface area contributed by atoms with Gasteiger partial charge < -0.3 is 39.7 Å². The van der Waals surface area contributed by atoms with E-state index in [1.54, 1.807) is 0 Å². The maximum absolute atomic E-state index is 10.9. The first-order valence-corrected chi connectivity index (χ1v) is 6.77. The highest BCUT2D eigenvalue weighted by molar-refractivity contribution is 5.88. The van der Waals surface area contributed by atoms with Crippen LogP contribution in [0.3, 0.4) is 0 Å². The highest BCUT2D eigenvalue weighted by atomic mass is 16.7. The van der Waals surface area contributed by atoms with E-state index < -0.39 is 43.3 Å². The summed E-state index contributed by atoms with van der Waals surface area (Å²) in [6.45, 7) is -0.583. The van der Waals surface area contributed by atoms with Crippen LogP contribution in [0.15, 0.2) is 18.2 Å². The van der Waals surface area contributed by atoms with Gasteiger partial charge in [-0.2, -0.15) is 0 Å². The molecule has 1 aromatic rings. The summed E-state index contributed by atoms with van der Waals surface area (Å²) in [5.74, 6) is -0.994. The lowest BCUT2D eigenvalue weighted by molar-refractivity contribution is -0.277. The number of hydrogen-bond donors (Lipinski definition) is 5. The van der Waals surface area contributed by atoms with E-state index in [-0.39, 0.29) is 17.1 Å². The minimum atomic E-state index is -1.57. The molecule has 0 bridgehead atoms. The highest BCUT2D eigenvalue weighted by Gasteiger charge is 2.44. The second-order valence-electron chi connectivity index (χ2n) is 4.99. The molecule has 0 amide bonds. The van der Waals surface area contributed by atoms with E-state index in [0.717, 1.165) is 0 Å². The molecule has 2 rings (SSSR count). The molecule has 1 saturated heterocycles. The van der Waals surface area contributed by atoms with Gasteiger partial charge in [0.25, 0.3) is 0 Å². The van der Waals surface area contributed by atoms with Gasteiger partial charge in [-0.3, -0.25) is 0 Å². The lowest BCUT2D eigenvalue weighted by atomic mass is 9.99. The number of hydrogen-bond acceptors (Lipinski definition) is 8. The molecule has 128 valence electrons. The van der Waals surface area contributed by atoms with Crippen LogP contribution in [0.2, 0.25) is 0 Å². The van der Waals surface area contributed by atoms with Crippen LogP contribution in [0.4, 0.5) is 0 Å². The molecule has 0 unspecified atom stereocenters. The second kappa shape index (κ2) is 7.11. The van der Waals surface area contributed by atoms with E-state index in [4.69, 9.17) is 24.4 Å². The molecule has 9 heteroatoms.